The highest BCUT2D eigenvalue weighted by atomic mass is 15.2. The van der Waals surface area contributed by atoms with E-state index in [0.29, 0.717) is 5.95 Å². The van der Waals surface area contributed by atoms with Crippen LogP contribution in [0.4, 0.5) is 0 Å². The number of hydrogen-bond donors (Lipinski definition) is 0. The van der Waals surface area contributed by atoms with Gasteiger partial charge in [-0.25, -0.2) is 9.97 Å². The maximum atomic E-state index is 5.46. The molecule has 52 heavy (non-hydrogen) atoms. The van der Waals surface area contributed by atoms with Gasteiger partial charge in [0.05, 0.1) is 38.8 Å². The maximum Gasteiger partial charge on any atom is 0.235 e. The van der Waals surface area contributed by atoms with Crippen LogP contribution in [-0.2, 0) is 0 Å². The fourth-order valence-electron chi connectivity index (χ4n) is 8.83. The first-order valence-electron chi connectivity index (χ1n) is 17.8. The van der Waals surface area contributed by atoms with Crippen LogP contribution < -0.4 is 0 Å². The summed E-state index contributed by atoms with van der Waals surface area (Å²) in [6.45, 7) is 0. The van der Waals surface area contributed by atoms with E-state index in [-0.39, 0.29) is 0 Å². The van der Waals surface area contributed by atoms with Crippen LogP contribution in [0.5, 0.6) is 0 Å². The van der Waals surface area contributed by atoms with Crippen LogP contribution in [0.1, 0.15) is 0 Å². The Kier molecular flexibility index (Phi) is 5.47. The maximum absolute atomic E-state index is 5.46. The number of hydrogen-bond acceptors (Lipinski definition) is 2. The molecule has 4 aromatic heterocycles. The molecule has 0 aliphatic carbocycles. The van der Waals surface area contributed by atoms with Gasteiger partial charge in [0.2, 0.25) is 5.95 Å². The van der Waals surface area contributed by atoms with Crippen LogP contribution in [-0.4, -0.2) is 18.9 Å². The molecule has 0 unspecified atom stereocenters. The summed E-state index contributed by atoms with van der Waals surface area (Å²) in [6, 6.07) is 61.1. The highest BCUT2D eigenvalue weighted by Crippen LogP contribution is 2.45. The summed E-state index contributed by atoms with van der Waals surface area (Å²) in [5.41, 5.74) is 11.1. The van der Waals surface area contributed by atoms with Crippen LogP contribution in [0.25, 0.3) is 110 Å². The van der Waals surface area contributed by atoms with Crippen molar-refractivity contribution in [2.75, 3.05) is 0 Å². The number of benzene rings is 8. The summed E-state index contributed by atoms with van der Waals surface area (Å²) in [6.07, 6.45) is 0. The lowest BCUT2D eigenvalue weighted by molar-refractivity contribution is 1.02. The van der Waals surface area contributed by atoms with Gasteiger partial charge in [0.1, 0.15) is 0 Å². The smallest absolute Gasteiger partial charge is 0.235 e. The van der Waals surface area contributed by atoms with E-state index in [1.54, 1.807) is 0 Å². The van der Waals surface area contributed by atoms with E-state index < -0.39 is 0 Å². The minimum Gasteiger partial charge on any atom is -0.308 e. The van der Waals surface area contributed by atoms with Crippen molar-refractivity contribution in [3.8, 4) is 28.3 Å². The molecule has 0 saturated carbocycles. The Morgan fingerprint density at radius 3 is 1.81 bits per heavy atom. The number of aromatic nitrogens is 4. The largest absolute Gasteiger partial charge is 0.308 e. The molecule has 0 fully saturated rings. The summed E-state index contributed by atoms with van der Waals surface area (Å²) in [5, 5.41) is 10.7. The SMILES string of the molecule is c1ccc(-c2cc3c4cccc5c4c4c(cccc4n4c6ccccc6c(c2)c34)n5-c2nc(-c3ccccc3)c3ccc4ccccc4c3n2)cc1. The van der Waals surface area contributed by atoms with Gasteiger partial charge in [0.15, 0.2) is 0 Å². The van der Waals surface area contributed by atoms with Gasteiger partial charge in [0, 0.05) is 43.3 Å². The Balaban J connectivity index is 1.30. The predicted octanol–water partition coefficient (Wildman–Crippen LogP) is 12.4. The molecule has 0 saturated heterocycles. The van der Waals surface area contributed by atoms with E-state index in [2.05, 4.69) is 179 Å². The van der Waals surface area contributed by atoms with Gasteiger partial charge in [-0.3, -0.25) is 4.57 Å². The van der Waals surface area contributed by atoms with Crippen LogP contribution in [0.3, 0.4) is 0 Å². The topological polar surface area (TPSA) is 35.1 Å². The summed E-state index contributed by atoms with van der Waals surface area (Å²) >= 11 is 0. The standard InChI is InChI=1S/C48H28N4/c1-3-13-29(14-4-1)32-27-37-34-19-9-10-21-39(34)51-41-23-12-24-42-44(41)43-35(38(28-32)47(37)51)20-11-22-40(43)52(42)48-49-45(31-16-5-2-6-17-31)36-26-25-30-15-7-8-18-33(30)46(36)50-48/h1-28H. The zero-order valence-corrected chi connectivity index (χ0v) is 28.0. The Morgan fingerprint density at radius 2 is 0.981 bits per heavy atom. The Hall–Kier alpha value is -7.04. The normalized spacial score (nSPS) is 12.2. The molecular weight excluding hydrogens is 633 g/mol. The fraction of sp³-hybridized carbons (Fsp3) is 0. The van der Waals surface area contributed by atoms with Crippen LogP contribution in [0.2, 0.25) is 0 Å². The van der Waals surface area contributed by atoms with E-state index >= 15 is 0 Å². The van der Waals surface area contributed by atoms with Crippen LogP contribution >= 0.6 is 0 Å². The van der Waals surface area contributed by atoms with E-state index in [0.717, 1.165) is 44.0 Å². The van der Waals surface area contributed by atoms with E-state index in [4.69, 9.17) is 9.97 Å². The number of nitrogens with zero attached hydrogens (tertiary/aromatic N) is 4. The summed E-state index contributed by atoms with van der Waals surface area (Å²) < 4.78 is 4.78. The van der Waals surface area contributed by atoms with Crippen molar-refractivity contribution in [3.05, 3.63) is 170 Å². The molecule has 0 radical (unpaired) electrons. The Bertz CT molecular complexity index is 3390. The van der Waals surface area contributed by atoms with Crippen molar-refractivity contribution < 1.29 is 0 Å². The first-order chi connectivity index (χ1) is 25.8. The molecule has 0 N–H and O–H groups in total. The molecule has 0 atom stereocenters. The lowest BCUT2D eigenvalue weighted by atomic mass is 9.98. The van der Waals surface area contributed by atoms with E-state index in [9.17, 15) is 0 Å². The third-order valence-corrected chi connectivity index (χ3v) is 11.0. The molecule has 0 amide bonds. The van der Waals surface area contributed by atoms with Crippen molar-refractivity contribution in [3.63, 3.8) is 0 Å². The van der Waals surface area contributed by atoms with E-state index in [1.807, 2.05) is 0 Å². The quantitative estimate of drug-likeness (QED) is 0.177. The molecule has 0 aliphatic rings. The third-order valence-electron chi connectivity index (χ3n) is 11.0. The van der Waals surface area contributed by atoms with Gasteiger partial charge < -0.3 is 4.40 Å². The molecule has 4 heteroatoms. The highest BCUT2D eigenvalue weighted by Gasteiger charge is 2.24. The number of fused-ring (bicyclic) bond motifs is 8. The molecule has 0 aliphatic heterocycles. The zero-order chi connectivity index (χ0) is 33.9. The van der Waals surface area contributed by atoms with Gasteiger partial charge in [-0.2, -0.15) is 0 Å². The van der Waals surface area contributed by atoms with Crippen molar-refractivity contribution in [1.29, 1.82) is 0 Å². The number of rotatable bonds is 3. The second kappa shape index (κ2) is 10.3. The first-order valence-corrected chi connectivity index (χ1v) is 17.8. The lowest BCUT2D eigenvalue weighted by Gasteiger charge is -2.13. The molecule has 4 nitrogen and oxygen atoms in total. The fourth-order valence-corrected chi connectivity index (χ4v) is 8.83. The van der Waals surface area contributed by atoms with Gasteiger partial charge in [-0.05, 0) is 64.4 Å². The molecule has 4 heterocycles. The van der Waals surface area contributed by atoms with Gasteiger partial charge >= 0.3 is 0 Å². The highest BCUT2D eigenvalue weighted by molar-refractivity contribution is 6.31. The Morgan fingerprint density at radius 1 is 0.365 bits per heavy atom. The van der Waals surface area contributed by atoms with Crippen LogP contribution in [0, 0.1) is 0 Å². The monoisotopic (exact) mass is 660 g/mol. The first kappa shape index (κ1) is 27.7. The van der Waals surface area contributed by atoms with Crippen molar-refractivity contribution in [2.45, 2.75) is 0 Å². The minimum absolute atomic E-state index is 0.665. The zero-order valence-electron chi connectivity index (χ0n) is 28.0. The molecule has 12 rings (SSSR count). The summed E-state index contributed by atoms with van der Waals surface area (Å²) in [5.74, 6) is 0.665. The summed E-state index contributed by atoms with van der Waals surface area (Å²) in [4.78, 5) is 10.9. The number of para-hydroxylation sites is 1. The van der Waals surface area contributed by atoms with Gasteiger partial charge in [-0.15, -0.1) is 0 Å². The summed E-state index contributed by atoms with van der Waals surface area (Å²) in [7, 11) is 0. The van der Waals surface area contributed by atoms with Crippen molar-refractivity contribution in [1.82, 2.24) is 18.9 Å². The average Bonchev–Trinajstić information content (AvgIpc) is 3.69. The molecule has 0 bridgehead atoms. The third kappa shape index (κ3) is 3.65. The lowest BCUT2D eigenvalue weighted by Crippen LogP contribution is -2.04. The molecule has 8 aromatic carbocycles. The second-order valence-electron chi connectivity index (χ2n) is 13.8. The second-order valence-corrected chi connectivity index (χ2v) is 13.8. The van der Waals surface area contributed by atoms with Crippen LogP contribution in [0.15, 0.2) is 170 Å². The molecule has 0 spiro atoms. The van der Waals surface area contributed by atoms with E-state index in [1.165, 1.54) is 60.0 Å². The minimum atomic E-state index is 0.665. The van der Waals surface area contributed by atoms with Gasteiger partial charge in [-0.1, -0.05) is 127 Å². The van der Waals surface area contributed by atoms with Crippen molar-refractivity contribution >= 4 is 81.6 Å². The van der Waals surface area contributed by atoms with Gasteiger partial charge in [0.25, 0.3) is 0 Å². The molecule has 240 valence electrons. The van der Waals surface area contributed by atoms with Crippen molar-refractivity contribution in [2.24, 2.45) is 0 Å². The molecule has 12 aromatic rings. The molecular formula is C48H28N4. The predicted molar refractivity (Wildman–Crippen MR) is 217 cm³/mol. The average molecular weight is 661 g/mol. The Labute approximate surface area is 297 Å².